The zero-order valence-electron chi connectivity index (χ0n) is 15.1. The number of benzene rings is 2. The summed E-state index contributed by atoms with van der Waals surface area (Å²) in [4.78, 5) is 24.4. The molecule has 3 aromatic rings. The van der Waals surface area contributed by atoms with E-state index in [0.717, 1.165) is 18.4 Å². The number of nitrogens with zero attached hydrogens (tertiary/aromatic N) is 4. The van der Waals surface area contributed by atoms with Crippen LogP contribution in [0.5, 0.6) is 0 Å². The molecule has 0 atom stereocenters. The maximum absolute atomic E-state index is 12.2. The van der Waals surface area contributed by atoms with Gasteiger partial charge in [0.1, 0.15) is 0 Å². The first-order chi connectivity index (χ1) is 14.0. The van der Waals surface area contributed by atoms with Gasteiger partial charge in [0, 0.05) is 16.8 Å². The molecule has 0 radical (unpaired) electrons. The minimum atomic E-state index is -0.420. The van der Waals surface area contributed by atoms with Gasteiger partial charge in [-0.1, -0.05) is 35.3 Å². The summed E-state index contributed by atoms with van der Waals surface area (Å²) in [5.74, 6) is -0.120. The topological polar surface area (TPSA) is 102 Å². The minimum absolute atomic E-state index is 0.191. The highest BCUT2D eigenvalue weighted by atomic mass is 35.5. The van der Waals surface area contributed by atoms with E-state index in [1.165, 1.54) is 18.2 Å². The Labute approximate surface area is 176 Å². The molecule has 0 spiro atoms. The van der Waals surface area contributed by atoms with Crippen molar-refractivity contribution in [1.82, 2.24) is 25.5 Å². The summed E-state index contributed by atoms with van der Waals surface area (Å²) < 4.78 is 1.80. The lowest BCUT2D eigenvalue weighted by atomic mass is 10.2. The van der Waals surface area contributed by atoms with Crippen LogP contribution in [-0.4, -0.2) is 38.6 Å². The number of hydrogen-bond donors (Lipinski definition) is 2. The fourth-order valence-corrected chi connectivity index (χ4v) is 3.09. The summed E-state index contributed by atoms with van der Waals surface area (Å²) in [5.41, 5.74) is 1.71. The molecule has 0 saturated heterocycles. The molecule has 0 aliphatic heterocycles. The number of tetrazole rings is 1. The van der Waals surface area contributed by atoms with Crippen molar-refractivity contribution in [3.63, 3.8) is 0 Å². The van der Waals surface area contributed by atoms with Crippen LogP contribution in [0.2, 0.25) is 10.0 Å². The van der Waals surface area contributed by atoms with E-state index in [1.807, 2.05) is 12.1 Å². The van der Waals surface area contributed by atoms with Gasteiger partial charge in [0.2, 0.25) is 5.91 Å². The van der Waals surface area contributed by atoms with E-state index in [2.05, 4.69) is 26.2 Å². The monoisotopic (exact) mass is 430 g/mol. The number of carbonyl (C=O) groups excluding carboxylic acids is 2. The molecular weight excluding hydrogens is 415 g/mol. The van der Waals surface area contributed by atoms with Crippen LogP contribution in [0.3, 0.4) is 0 Å². The standard InChI is InChI=1S/C19H16Cl2N6O2/c20-15-7-4-12(9-16(15)21)19(29)22-10-17(28)23-13-3-1-2-11(8-13)18-24-25-26-27(18)14-5-6-14/h1-4,7-9,14H,5-6,10H2,(H,22,29)(H,23,28). The van der Waals surface area contributed by atoms with E-state index in [-0.39, 0.29) is 17.5 Å². The van der Waals surface area contributed by atoms with Gasteiger partial charge in [-0.25, -0.2) is 4.68 Å². The number of amides is 2. The Morgan fingerprint density at radius 2 is 1.93 bits per heavy atom. The van der Waals surface area contributed by atoms with Gasteiger partial charge in [0.05, 0.1) is 22.6 Å². The van der Waals surface area contributed by atoms with Gasteiger partial charge in [-0.2, -0.15) is 0 Å². The Hall–Kier alpha value is -2.97. The molecule has 148 valence electrons. The number of carbonyl (C=O) groups is 2. The minimum Gasteiger partial charge on any atom is -0.343 e. The van der Waals surface area contributed by atoms with E-state index >= 15 is 0 Å². The SMILES string of the molecule is O=C(CNC(=O)c1ccc(Cl)c(Cl)c1)Nc1cccc(-c2nnnn2C2CC2)c1. The van der Waals surface area contributed by atoms with E-state index in [0.29, 0.717) is 28.1 Å². The number of rotatable bonds is 6. The molecule has 0 bridgehead atoms. The van der Waals surface area contributed by atoms with Crippen LogP contribution < -0.4 is 10.6 Å². The lowest BCUT2D eigenvalue weighted by molar-refractivity contribution is -0.115. The molecule has 1 aliphatic carbocycles. The summed E-state index contributed by atoms with van der Waals surface area (Å²) in [5, 5.41) is 17.8. The third kappa shape index (κ3) is 4.55. The van der Waals surface area contributed by atoms with Crippen LogP contribution in [0, 0.1) is 0 Å². The van der Waals surface area contributed by atoms with Gasteiger partial charge in [-0.05, 0) is 53.6 Å². The molecule has 0 unspecified atom stereocenters. The smallest absolute Gasteiger partial charge is 0.251 e. The second-order valence-electron chi connectivity index (χ2n) is 6.62. The highest BCUT2D eigenvalue weighted by Gasteiger charge is 2.28. The lowest BCUT2D eigenvalue weighted by Gasteiger charge is -2.09. The first-order valence-electron chi connectivity index (χ1n) is 8.92. The van der Waals surface area contributed by atoms with Gasteiger partial charge >= 0.3 is 0 Å². The summed E-state index contributed by atoms with van der Waals surface area (Å²) in [7, 11) is 0. The van der Waals surface area contributed by atoms with Gasteiger partial charge in [-0.3, -0.25) is 9.59 Å². The van der Waals surface area contributed by atoms with Crippen LogP contribution in [0.4, 0.5) is 5.69 Å². The Morgan fingerprint density at radius 3 is 2.69 bits per heavy atom. The van der Waals surface area contributed by atoms with Crippen LogP contribution >= 0.6 is 23.2 Å². The fourth-order valence-electron chi connectivity index (χ4n) is 2.79. The largest absolute Gasteiger partial charge is 0.343 e. The van der Waals surface area contributed by atoms with Crippen molar-refractivity contribution in [1.29, 1.82) is 0 Å². The Kier molecular flexibility index (Phi) is 5.46. The second kappa shape index (κ2) is 8.18. The van der Waals surface area contributed by atoms with Gasteiger partial charge in [0.15, 0.2) is 5.82 Å². The molecule has 10 heteroatoms. The molecule has 1 aliphatic rings. The Balaban J connectivity index is 1.38. The lowest BCUT2D eigenvalue weighted by Crippen LogP contribution is -2.32. The highest BCUT2D eigenvalue weighted by Crippen LogP contribution is 2.36. The third-order valence-corrected chi connectivity index (χ3v) is 5.12. The quantitative estimate of drug-likeness (QED) is 0.623. The van der Waals surface area contributed by atoms with Crippen molar-refractivity contribution >= 4 is 40.7 Å². The first kappa shape index (κ1) is 19.4. The average Bonchev–Trinajstić information content (AvgIpc) is 3.44. The number of aromatic nitrogens is 4. The maximum Gasteiger partial charge on any atom is 0.251 e. The van der Waals surface area contributed by atoms with Crippen LogP contribution in [0.25, 0.3) is 11.4 Å². The summed E-state index contributed by atoms with van der Waals surface area (Å²) in [6, 6.07) is 12.1. The van der Waals surface area contributed by atoms with Crippen molar-refractivity contribution in [2.75, 3.05) is 11.9 Å². The molecule has 8 nitrogen and oxygen atoms in total. The predicted molar refractivity (Wildman–Crippen MR) is 109 cm³/mol. The number of anilines is 1. The maximum atomic E-state index is 12.2. The predicted octanol–water partition coefficient (Wildman–Crippen LogP) is 3.35. The molecule has 1 aromatic heterocycles. The molecule has 29 heavy (non-hydrogen) atoms. The third-order valence-electron chi connectivity index (χ3n) is 4.38. The second-order valence-corrected chi connectivity index (χ2v) is 7.43. The van der Waals surface area contributed by atoms with Gasteiger partial charge in [0.25, 0.3) is 5.91 Å². The van der Waals surface area contributed by atoms with Crippen molar-refractivity contribution in [2.45, 2.75) is 18.9 Å². The summed E-state index contributed by atoms with van der Waals surface area (Å²) in [6.07, 6.45) is 2.12. The van der Waals surface area contributed by atoms with Crippen LogP contribution in [0.1, 0.15) is 29.2 Å². The molecule has 2 amide bonds. The number of hydrogen-bond acceptors (Lipinski definition) is 5. The van der Waals surface area contributed by atoms with Gasteiger partial charge in [-0.15, -0.1) is 5.10 Å². The van der Waals surface area contributed by atoms with Crippen molar-refractivity contribution in [3.8, 4) is 11.4 Å². The normalized spacial score (nSPS) is 13.2. The van der Waals surface area contributed by atoms with Crippen molar-refractivity contribution in [3.05, 3.63) is 58.1 Å². The zero-order chi connectivity index (χ0) is 20.4. The number of nitrogens with one attached hydrogen (secondary N) is 2. The molecule has 2 N–H and O–H groups in total. The molecule has 4 rings (SSSR count). The van der Waals surface area contributed by atoms with Crippen molar-refractivity contribution < 1.29 is 9.59 Å². The van der Waals surface area contributed by atoms with Gasteiger partial charge < -0.3 is 10.6 Å². The molecule has 1 heterocycles. The molecule has 1 saturated carbocycles. The fraction of sp³-hybridized carbons (Fsp3) is 0.211. The van der Waals surface area contributed by atoms with Crippen LogP contribution in [0.15, 0.2) is 42.5 Å². The first-order valence-corrected chi connectivity index (χ1v) is 9.68. The Morgan fingerprint density at radius 1 is 1.10 bits per heavy atom. The molecular formula is C19H16Cl2N6O2. The summed E-state index contributed by atoms with van der Waals surface area (Å²) in [6.45, 7) is -0.191. The van der Waals surface area contributed by atoms with E-state index < -0.39 is 5.91 Å². The highest BCUT2D eigenvalue weighted by molar-refractivity contribution is 6.42. The number of halogens is 2. The van der Waals surface area contributed by atoms with E-state index in [9.17, 15) is 9.59 Å². The Bertz CT molecular complexity index is 1080. The zero-order valence-corrected chi connectivity index (χ0v) is 16.6. The van der Waals surface area contributed by atoms with Crippen molar-refractivity contribution in [2.24, 2.45) is 0 Å². The summed E-state index contributed by atoms with van der Waals surface area (Å²) >= 11 is 11.8. The van der Waals surface area contributed by atoms with E-state index in [4.69, 9.17) is 23.2 Å². The van der Waals surface area contributed by atoms with E-state index in [1.54, 1.807) is 16.8 Å². The van der Waals surface area contributed by atoms with Crippen LogP contribution in [-0.2, 0) is 4.79 Å². The molecule has 1 fully saturated rings. The molecule has 2 aromatic carbocycles. The average molecular weight is 431 g/mol.